The van der Waals surface area contributed by atoms with Crippen molar-refractivity contribution < 1.29 is 9.53 Å². The standard InChI is InChI=1S/C14H22N4O2/c1-14(2,3)20-13(19)18-6-10-11(7-18)12(10)16-5-9-4-15-8-17-9/h4,8,10-12,16H,5-7H2,1-3H3,(H,15,17). The number of carbonyl (C=O) groups excluding carboxylic acids is 1. The van der Waals surface area contributed by atoms with Gasteiger partial charge in [0.25, 0.3) is 0 Å². The number of rotatable bonds is 3. The normalized spacial score (nSPS) is 28.4. The molecule has 2 heterocycles. The zero-order chi connectivity index (χ0) is 14.3. The van der Waals surface area contributed by atoms with Gasteiger partial charge in [0.2, 0.25) is 0 Å². The molecule has 20 heavy (non-hydrogen) atoms. The van der Waals surface area contributed by atoms with Gasteiger partial charge in [0.05, 0.1) is 6.33 Å². The Hall–Kier alpha value is -1.56. The lowest BCUT2D eigenvalue weighted by molar-refractivity contribution is 0.0269. The van der Waals surface area contributed by atoms with Crippen molar-refractivity contribution in [2.24, 2.45) is 11.8 Å². The van der Waals surface area contributed by atoms with Gasteiger partial charge in [-0.2, -0.15) is 0 Å². The molecule has 1 aromatic heterocycles. The Labute approximate surface area is 118 Å². The van der Waals surface area contributed by atoms with Crippen LogP contribution in [0.1, 0.15) is 26.5 Å². The fraction of sp³-hybridized carbons (Fsp3) is 0.714. The fourth-order valence-electron chi connectivity index (χ4n) is 2.91. The van der Waals surface area contributed by atoms with E-state index in [1.165, 1.54) is 0 Å². The van der Waals surface area contributed by atoms with E-state index >= 15 is 0 Å². The molecule has 2 aliphatic rings. The first kappa shape index (κ1) is 13.4. The summed E-state index contributed by atoms with van der Waals surface area (Å²) in [5, 5.41) is 3.52. The first-order valence-corrected chi connectivity index (χ1v) is 7.12. The largest absolute Gasteiger partial charge is 0.444 e. The molecule has 1 amide bonds. The number of imidazole rings is 1. The van der Waals surface area contributed by atoms with E-state index in [1.54, 1.807) is 6.33 Å². The molecule has 6 nitrogen and oxygen atoms in total. The van der Waals surface area contributed by atoms with Crippen molar-refractivity contribution in [1.29, 1.82) is 0 Å². The number of nitrogens with one attached hydrogen (secondary N) is 2. The summed E-state index contributed by atoms with van der Waals surface area (Å²) in [6.45, 7) is 8.12. The van der Waals surface area contributed by atoms with Crippen LogP contribution in [0.3, 0.4) is 0 Å². The molecule has 2 atom stereocenters. The molecule has 3 rings (SSSR count). The van der Waals surface area contributed by atoms with Crippen molar-refractivity contribution in [3.8, 4) is 0 Å². The molecular formula is C14H22N4O2. The Morgan fingerprint density at radius 2 is 2.20 bits per heavy atom. The molecule has 2 fully saturated rings. The number of hydrogen-bond acceptors (Lipinski definition) is 4. The Bertz CT molecular complexity index is 468. The minimum absolute atomic E-state index is 0.183. The zero-order valence-electron chi connectivity index (χ0n) is 12.2. The van der Waals surface area contributed by atoms with Crippen molar-refractivity contribution in [2.75, 3.05) is 13.1 Å². The predicted octanol–water partition coefficient (Wildman–Crippen LogP) is 1.36. The lowest BCUT2D eigenvalue weighted by Gasteiger charge is -2.26. The zero-order valence-corrected chi connectivity index (χ0v) is 12.2. The summed E-state index contributed by atoms with van der Waals surface area (Å²) in [6, 6.07) is 0.525. The first-order valence-electron chi connectivity index (χ1n) is 7.12. The lowest BCUT2D eigenvalue weighted by Crippen LogP contribution is -2.39. The molecule has 1 aliphatic carbocycles. The number of ether oxygens (including phenoxy) is 1. The van der Waals surface area contributed by atoms with Crippen LogP contribution in [0.2, 0.25) is 0 Å². The van der Waals surface area contributed by atoms with Crippen LogP contribution in [0, 0.1) is 11.8 Å². The fourth-order valence-corrected chi connectivity index (χ4v) is 2.91. The highest BCUT2D eigenvalue weighted by molar-refractivity contribution is 5.69. The number of fused-ring (bicyclic) bond motifs is 1. The third-order valence-electron chi connectivity index (χ3n) is 3.93. The summed E-state index contributed by atoms with van der Waals surface area (Å²) < 4.78 is 5.40. The van der Waals surface area contributed by atoms with Crippen LogP contribution < -0.4 is 5.32 Å². The van der Waals surface area contributed by atoms with E-state index in [2.05, 4.69) is 15.3 Å². The topological polar surface area (TPSA) is 70.2 Å². The van der Waals surface area contributed by atoms with Crippen LogP contribution >= 0.6 is 0 Å². The predicted molar refractivity (Wildman–Crippen MR) is 74.0 cm³/mol. The van der Waals surface area contributed by atoms with E-state index in [-0.39, 0.29) is 6.09 Å². The lowest BCUT2D eigenvalue weighted by atomic mass is 10.2. The summed E-state index contributed by atoms with van der Waals surface area (Å²) in [5.74, 6) is 1.15. The molecule has 0 bridgehead atoms. The molecule has 6 heteroatoms. The molecule has 2 N–H and O–H groups in total. The smallest absolute Gasteiger partial charge is 0.410 e. The van der Waals surface area contributed by atoms with E-state index < -0.39 is 5.60 Å². The highest BCUT2D eigenvalue weighted by Gasteiger charge is 2.56. The van der Waals surface area contributed by atoms with Crippen LogP contribution in [-0.2, 0) is 11.3 Å². The highest BCUT2D eigenvalue weighted by Crippen LogP contribution is 2.45. The quantitative estimate of drug-likeness (QED) is 0.876. The molecule has 0 aromatic carbocycles. The number of nitrogens with zero attached hydrogens (tertiary/aromatic N) is 2. The number of piperidine rings is 1. The van der Waals surface area contributed by atoms with Crippen molar-refractivity contribution in [2.45, 2.75) is 39.0 Å². The third kappa shape index (κ3) is 2.80. The molecular weight excluding hydrogens is 256 g/mol. The van der Waals surface area contributed by atoms with Gasteiger partial charge in [0.1, 0.15) is 5.60 Å². The number of likely N-dealkylation sites (tertiary alicyclic amines) is 1. The monoisotopic (exact) mass is 278 g/mol. The van der Waals surface area contributed by atoms with Crippen LogP contribution in [0.25, 0.3) is 0 Å². The number of aromatic nitrogens is 2. The van der Waals surface area contributed by atoms with E-state index in [0.29, 0.717) is 17.9 Å². The van der Waals surface area contributed by atoms with Crippen molar-refractivity contribution in [1.82, 2.24) is 20.2 Å². The Balaban J connectivity index is 1.43. The van der Waals surface area contributed by atoms with Gasteiger partial charge in [0, 0.05) is 37.6 Å². The minimum atomic E-state index is -0.415. The number of aromatic amines is 1. The molecule has 1 saturated heterocycles. The molecule has 0 spiro atoms. The SMILES string of the molecule is CC(C)(C)OC(=O)N1CC2C(C1)C2NCc1cnc[nH]1. The van der Waals surface area contributed by atoms with Crippen LogP contribution in [0.15, 0.2) is 12.5 Å². The van der Waals surface area contributed by atoms with Gasteiger partial charge < -0.3 is 19.9 Å². The van der Waals surface area contributed by atoms with E-state index in [0.717, 1.165) is 25.3 Å². The molecule has 1 aliphatic heterocycles. The van der Waals surface area contributed by atoms with Gasteiger partial charge in [-0.15, -0.1) is 0 Å². The maximum Gasteiger partial charge on any atom is 0.410 e. The second kappa shape index (κ2) is 4.77. The maximum absolute atomic E-state index is 11.9. The molecule has 1 aromatic rings. The van der Waals surface area contributed by atoms with Gasteiger partial charge in [-0.05, 0) is 32.6 Å². The second-order valence-corrected chi connectivity index (χ2v) is 6.70. The highest BCUT2D eigenvalue weighted by atomic mass is 16.6. The van der Waals surface area contributed by atoms with Crippen LogP contribution in [0.5, 0.6) is 0 Å². The van der Waals surface area contributed by atoms with E-state index in [1.807, 2.05) is 31.9 Å². The van der Waals surface area contributed by atoms with E-state index in [9.17, 15) is 4.79 Å². The molecule has 0 radical (unpaired) electrons. The van der Waals surface area contributed by atoms with Crippen molar-refractivity contribution in [3.63, 3.8) is 0 Å². The molecule has 110 valence electrons. The van der Waals surface area contributed by atoms with Crippen molar-refractivity contribution >= 4 is 6.09 Å². The number of hydrogen-bond donors (Lipinski definition) is 2. The van der Waals surface area contributed by atoms with Gasteiger partial charge in [0.15, 0.2) is 0 Å². The maximum atomic E-state index is 11.9. The van der Waals surface area contributed by atoms with Gasteiger partial charge >= 0.3 is 6.09 Å². The Kier molecular flexibility index (Phi) is 3.20. The van der Waals surface area contributed by atoms with Gasteiger partial charge in [-0.3, -0.25) is 0 Å². The average Bonchev–Trinajstić information content (AvgIpc) is 2.78. The number of H-pyrrole nitrogens is 1. The summed E-state index contributed by atoms with van der Waals surface area (Å²) in [5.41, 5.74) is 0.682. The summed E-state index contributed by atoms with van der Waals surface area (Å²) in [6.07, 6.45) is 3.34. The average molecular weight is 278 g/mol. The van der Waals surface area contributed by atoms with Gasteiger partial charge in [-0.25, -0.2) is 9.78 Å². The molecule has 1 saturated carbocycles. The van der Waals surface area contributed by atoms with Gasteiger partial charge in [-0.1, -0.05) is 0 Å². The van der Waals surface area contributed by atoms with Crippen molar-refractivity contribution in [3.05, 3.63) is 18.2 Å². The minimum Gasteiger partial charge on any atom is -0.444 e. The summed E-state index contributed by atoms with van der Waals surface area (Å²) in [7, 11) is 0. The Morgan fingerprint density at radius 3 is 2.75 bits per heavy atom. The summed E-state index contributed by atoms with van der Waals surface area (Å²) >= 11 is 0. The number of carbonyl (C=O) groups is 1. The Morgan fingerprint density at radius 1 is 1.50 bits per heavy atom. The van der Waals surface area contributed by atoms with E-state index in [4.69, 9.17) is 4.74 Å². The van der Waals surface area contributed by atoms with Crippen LogP contribution in [-0.4, -0.2) is 45.7 Å². The first-order chi connectivity index (χ1) is 9.44. The summed E-state index contributed by atoms with van der Waals surface area (Å²) in [4.78, 5) is 20.9. The second-order valence-electron chi connectivity index (χ2n) is 6.70. The van der Waals surface area contributed by atoms with Crippen LogP contribution in [0.4, 0.5) is 4.79 Å². The number of amides is 1. The third-order valence-corrected chi connectivity index (χ3v) is 3.93. The molecule has 2 unspecified atom stereocenters.